The van der Waals surface area contributed by atoms with E-state index < -0.39 is 0 Å². The van der Waals surface area contributed by atoms with E-state index in [0.717, 1.165) is 5.56 Å². The molecule has 0 amide bonds. The molecule has 0 radical (unpaired) electrons. The number of ether oxygens (including phenoxy) is 1. The van der Waals surface area contributed by atoms with Gasteiger partial charge in [0.05, 0.1) is 6.54 Å². The SMILES string of the molecule is COC(CN=C=O)c1cccc(C)c1. The van der Waals surface area contributed by atoms with Crippen molar-refractivity contribution in [3.63, 3.8) is 0 Å². The highest BCUT2D eigenvalue weighted by Gasteiger charge is 2.08. The third-order valence-electron chi connectivity index (χ3n) is 2.02. The molecule has 0 aliphatic carbocycles. The Labute approximate surface area is 83.4 Å². The van der Waals surface area contributed by atoms with E-state index in [1.807, 2.05) is 31.2 Å². The van der Waals surface area contributed by atoms with Crippen molar-refractivity contribution in [3.8, 4) is 0 Å². The molecule has 0 saturated heterocycles. The number of hydrogen-bond donors (Lipinski definition) is 0. The first kappa shape index (κ1) is 10.6. The molecule has 1 aromatic carbocycles. The van der Waals surface area contributed by atoms with Crippen LogP contribution in [0.3, 0.4) is 0 Å². The van der Waals surface area contributed by atoms with Crippen molar-refractivity contribution in [2.45, 2.75) is 13.0 Å². The maximum Gasteiger partial charge on any atom is 0.235 e. The van der Waals surface area contributed by atoms with E-state index in [0.29, 0.717) is 6.54 Å². The first-order valence-corrected chi connectivity index (χ1v) is 4.41. The Morgan fingerprint density at radius 2 is 2.36 bits per heavy atom. The van der Waals surface area contributed by atoms with Crippen LogP contribution in [0.15, 0.2) is 29.3 Å². The lowest BCUT2D eigenvalue weighted by Gasteiger charge is -2.12. The molecule has 1 unspecified atom stereocenters. The van der Waals surface area contributed by atoms with Gasteiger partial charge in [0.1, 0.15) is 6.10 Å². The Hall–Kier alpha value is -1.44. The Morgan fingerprint density at radius 3 is 2.93 bits per heavy atom. The zero-order valence-corrected chi connectivity index (χ0v) is 8.36. The quantitative estimate of drug-likeness (QED) is 0.539. The first-order chi connectivity index (χ1) is 6.77. The lowest BCUT2D eigenvalue weighted by atomic mass is 10.1. The summed E-state index contributed by atoms with van der Waals surface area (Å²) in [4.78, 5) is 13.5. The van der Waals surface area contributed by atoms with Gasteiger partial charge in [-0.2, -0.15) is 0 Å². The second-order valence-corrected chi connectivity index (χ2v) is 3.07. The van der Waals surface area contributed by atoms with Crippen molar-refractivity contribution in [2.24, 2.45) is 4.99 Å². The van der Waals surface area contributed by atoms with Gasteiger partial charge in [0.2, 0.25) is 6.08 Å². The zero-order chi connectivity index (χ0) is 10.4. The Morgan fingerprint density at radius 1 is 1.57 bits per heavy atom. The van der Waals surface area contributed by atoms with Crippen LogP contribution in [0, 0.1) is 6.92 Å². The largest absolute Gasteiger partial charge is 0.375 e. The minimum Gasteiger partial charge on any atom is -0.375 e. The molecule has 0 bridgehead atoms. The molecule has 14 heavy (non-hydrogen) atoms. The fourth-order valence-electron chi connectivity index (χ4n) is 1.31. The minimum absolute atomic E-state index is 0.156. The number of rotatable bonds is 4. The first-order valence-electron chi connectivity index (χ1n) is 4.41. The third-order valence-corrected chi connectivity index (χ3v) is 2.02. The molecule has 1 aromatic rings. The van der Waals surface area contributed by atoms with Gasteiger partial charge in [-0.1, -0.05) is 29.8 Å². The van der Waals surface area contributed by atoms with Gasteiger partial charge in [-0.3, -0.25) is 0 Å². The van der Waals surface area contributed by atoms with E-state index in [1.54, 1.807) is 7.11 Å². The molecule has 3 nitrogen and oxygen atoms in total. The highest BCUT2D eigenvalue weighted by Crippen LogP contribution is 2.17. The molecule has 0 fully saturated rings. The molecular weight excluding hydrogens is 178 g/mol. The number of aliphatic imine (C=N–C) groups is 1. The topological polar surface area (TPSA) is 38.7 Å². The lowest BCUT2D eigenvalue weighted by molar-refractivity contribution is 0.111. The number of isocyanates is 1. The standard InChI is InChI=1S/C11H13NO2/c1-9-4-3-5-10(6-9)11(14-2)7-12-8-13/h3-6,11H,7H2,1-2H3. The molecule has 3 heteroatoms. The smallest absolute Gasteiger partial charge is 0.235 e. The van der Waals surface area contributed by atoms with Crippen LogP contribution in [-0.2, 0) is 9.53 Å². The zero-order valence-electron chi connectivity index (χ0n) is 8.36. The summed E-state index contributed by atoms with van der Waals surface area (Å²) in [5.41, 5.74) is 2.20. The van der Waals surface area contributed by atoms with E-state index in [4.69, 9.17) is 4.74 Å². The normalized spacial score (nSPS) is 11.9. The fourth-order valence-corrected chi connectivity index (χ4v) is 1.31. The van der Waals surface area contributed by atoms with Gasteiger partial charge in [-0.25, -0.2) is 9.79 Å². The van der Waals surface area contributed by atoms with Crippen molar-refractivity contribution in [2.75, 3.05) is 13.7 Å². The molecule has 0 heterocycles. The summed E-state index contributed by atoms with van der Waals surface area (Å²) in [6.07, 6.45) is 1.36. The number of carbonyl (C=O) groups excluding carboxylic acids is 1. The van der Waals surface area contributed by atoms with Gasteiger partial charge in [0.15, 0.2) is 0 Å². The van der Waals surface area contributed by atoms with E-state index in [1.165, 1.54) is 11.6 Å². The predicted octanol–water partition coefficient (Wildman–Crippen LogP) is 2.02. The summed E-state index contributed by atoms with van der Waals surface area (Å²) in [5, 5.41) is 0. The summed E-state index contributed by atoms with van der Waals surface area (Å²) in [6.45, 7) is 2.34. The van der Waals surface area contributed by atoms with Gasteiger partial charge in [0.25, 0.3) is 0 Å². The van der Waals surface area contributed by atoms with Crippen LogP contribution in [0.2, 0.25) is 0 Å². The van der Waals surface area contributed by atoms with Gasteiger partial charge in [0, 0.05) is 7.11 Å². The molecule has 0 aromatic heterocycles. The van der Waals surface area contributed by atoms with Crippen LogP contribution in [0.5, 0.6) is 0 Å². The summed E-state index contributed by atoms with van der Waals surface area (Å²) >= 11 is 0. The maximum absolute atomic E-state index is 9.98. The van der Waals surface area contributed by atoms with E-state index in [2.05, 4.69) is 4.99 Å². The van der Waals surface area contributed by atoms with Gasteiger partial charge in [-0.05, 0) is 12.5 Å². The average Bonchev–Trinajstić information content (AvgIpc) is 2.19. The van der Waals surface area contributed by atoms with Crippen LogP contribution in [-0.4, -0.2) is 19.7 Å². The lowest BCUT2D eigenvalue weighted by Crippen LogP contribution is -2.05. The van der Waals surface area contributed by atoms with Crippen LogP contribution < -0.4 is 0 Å². The average molecular weight is 191 g/mol. The van der Waals surface area contributed by atoms with Crippen LogP contribution in [0.1, 0.15) is 17.2 Å². The Balaban J connectivity index is 2.83. The van der Waals surface area contributed by atoms with E-state index >= 15 is 0 Å². The van der Waals surface area contributed by atoms with E-state index in [-0.39, 0.29) is 6.10 Å². The molecule has 1 atom stereocenters. The second-order valence-electron chi connectivity index (χ2n) is 3.07. The second kappa shape index (κ2) is 5.32. The highest BCUT2D eigenvalue weighted by molar-refractivity contribution is 5.33. The highest BCUT2D eigenvalue weighted by atomic mass is 16.5. The van der Waals surface area contributed by atoms with Gasteiger partial charge >= 0.3 is 0 Å². The summed E-state index contributed by atoms with van der Waals surface area (Å²) in [5.74, 6) is 0. The molecular formula is C11H13NO2. The van der Waals surface area contributed by atoms with Crippen molar-refractivity contribution in [3.05, 3.63) is 35.4 Å². The number of methoxy groups -OCH3 is 1. The fraction of sp³-hybridized carbons (Fsp3) is 0.364. The molecule has 74 valence electrons. The maximum atomic E-state index is 9.98. The monoisotopic (exact) mass is 191 g/mol. The Kier molecular flexibility index (Phi) is 4.05. The molecule has 0 spiro atoms. The third kappa shape index (κ3) is 2.80. The number of benzene rings is 1. The van der Waals surface area contributed by atoms with Crippen LogP contribution >= 0.6 is 0 Å². The van der Waals surface area contributed by atoms with Crippen molar-refractivity contribution < 1.29 is 9.53 Å². The minimum atomic E-state index is -0.156. The van der Waals surface area contributed by atoms with Gasteiger partial charge in [-0.15, -0.1) is 0 Å². The predicted molar refractivity (Wildman–Crippen MR) is 53.9 cm³/mol. The molecule has 1 rings (SSSR count). The molecule has 0 N–H and O–H groups in total. The van der Waals surface area contributed by atoms with Crippen molar-refractivity contribution in [1.82, 2.24) is 0 Å². The van der Waals surface area contributed by atoms with E-state index in [9.17, 15) is 4.79 Å². The molecule has 0 aliphatic heterocycles. The van der Waals surface area contributed by atoms with Crippen molar-refractivity contribution in [1.29, 1.82) is 0 Å². The number of nitrogens with zero attached hydrogens (tertiary/aromatic N) is 1. The Bertz CT molecular complexity index is 343. The van der Waals surface area contributed by atoms with Gasteiger partial charge < -0.3 is 4.74 Å². The van der Waals surface area contributed by atoms with Crippen molar-refractivity contribution >= 4 is 6.08 Å². The summed E-state index contributed by atoms with van der Waals surface area (Å²) < 4.78 is 5.22. The number of hydrogen-bond acceptors (Lipinski definition) is 3. The number of aryl methyl sites for hydroxylation is 1. The molecule has 0 saturated carbocycles. The summed E-state index contributed by atoms with van der Waals surface area (Å²) in [7, 11) is 1.60. The van der Waals surface area contributed by atoms with Crippen LogP contribution in [0.25, 0.3) is 0 Å². The molecule has 0 aliphatic rings. The van der Waals surface area contributed by atoms with Crippen LogP contribution in [0.4, 0.5) is 0 Å². The summed E-state index contributed by atoms with van der Waals surface area (Å²) in [6, 6.07) is 7.95.